The van der Waals surface area contributed by atoms with Gasteiger partial charge in [-0.2, -0.15) is 26.3 Å². The Balaban J connectivity index is 1.01. The van der Waals surface area contributed by atoms with Gasteiger partial charge in [0.05, 0.1) is 11.1 Å². The van der Waals surface area contributed by atoms with Gasteiger partial charge in [-0.05, 0) is 177 Å². The minimum absolute atomic E-state index is 0.0866. The van der Waals surface area contributed by atoms with Crippen LogP contribution in [-0.2, 0) is 23.2 Å². The summed E-state index contributed by atoms with van der Waals surface area (Å²) in [6, 6.07) is 50.8. The first-order chi connectivity index (χ1) is 33.2. The maximum atomic E-state index is 13.7. The normalized spacial score (nSPS) is 12.9. The summed E-state index contributed by atoms with van der Waals surface area (Å²) in [6.07, 6.45) is -8.92. The van der Waals surface area contributed by atoms with Crippen LogP contribution in [0.5, 0.6) is 0 Å². The number of hydrogen-bond donors (Lipinski definition) is 0. The molecule has 0 amide bonds. The van der Waals surface area contributed by atoms with Crippen LogP contribution < -0.4 is 9.80 Å². The number of furan rings is 2. The molecule has 0 atom stereocenters. The van der Waals surface area contributed by atoms with Crippen molar-refractivity contribution in [3.05, 3.63) is 192 Å². The van der Waals surface area contributed by atoms with E-state index < -0.39 is 23.5 Å². The lowest BCUT2D eigenvalue weighted by molar-refractivity contribution is -0.138. The van der Waals surface area contributed by atoms with Gasteiger partial charge in [0.1, 0.15) is 22.3 Å². The SMILES string of the molecule is CC(C)(C)c1ccc(N(c2ccc(C(F)(F)F)cc2)c2ccc3cc4c(cc3c2)oc2ccc3oc5cc6cc(N(c7ccc(C(C)(C)C)cc7)c7ccc(C(F)(F)F)cc7)ccc6cc5c3c24)cc1. The van der Waals surface area contributed by atoms with Gasteiger partial charge < -0.3 is 18.6 Å². The maximum Gasteiger partial charge on any atom is 0.416 e. The van der Waals surface area contributed by atoms with Crippen molar-refractivity contribution in [2.45, 2.75) is 64.7 Å². The fourth-order valence-electron chi connectivity index (χ4n) is 9.59. The summed E-state index contributed by atoms with van der Waals surface area (Å²) < 4.78 is 95.1. The second kappa shape index (κ2) is 15.9. The summed E-state index contributed by atoms with van der Waals surface area (Å²) in [6.45, 7) is 12.8. The maximum absolute atomic E-state index is 13.7. The average molecular weight is 941 g/mol. The molecule has 0 aliphatic carbocycles. The highest BCUT2D eigenvalue weighted by molar-refractivity contribution is 6.28. The number of benzene rings is 9. The molecule has 4 nitrogen and oxygen atoms in total. The first-order valence-corrected chi connectivity index (χ1v) is 23.0. The Morgan fingerprint density at radius 3 is 0.900 bits per heavy atom. The molecule has 0 spiro atoms. The molecule has 11 aromatic rings. The molecule has 0 bridgehead atoms. The van der Waals surface area contributed by atoms with Crippen LogP contribution >= 0.6 is 0 Å². The highest BCUT2D eigenvalue weighted by atomic mass is 19.4. The quantitative estimate of drug-likeness (QED) is 0.156. The molecule has 350 valence electrons. The predicted molar refractivity (Wildman–Crippen MR) is 273 cm³/mol. The van der Waals surface area contributed by atoms with Gasteiger partial charge in [-0.1, -0.05) is 77.9 Å². The molecular formula is C60H46F6N2O2. The molecular weight excluding hydrogens is 895 g/mol. The van der Waals surface area contributed by atoms with Gasteiger partial charge in [0.25, 0.3) is 0 Å². The highest BCUT2D eigenvalue weighted by Crippen LogP contribution is 2.46. The fourth-order valence-corrected chi connectivity index (χ4v) is 9.59. The van der Waals surface area contributed by atoms with Crippen molar-refractivity contribution in [3.8, 4) is 0 Å². The van der Waals surface area contributed by atoms with E-state index in [1.807, 2.05) is 94.7 Å². The standard InChI is InChI=1S/C60H46F6N2O2/c1-57(2,3)39-9-19-43(20-10-39)67(45-23-13-41(14-24-45)59(61,62)63)47-17-7-35-31-49-53(33-37(35)29-47)69-51-27-28-52-56(55(49)51)50-32-36-8-18-48(30-38(36)34-54(50)70-52)68(44-21-11-40(12-22-44)58(4,5)6)46-25-15-42(16-26-46)60(64,65)66/h7-34H,1-6H3. The van der Waals surface area contributed by atoms with Crippen molar-refractivity contribution in [1.29, 1.82) is 0 Å². The first kappa shape index (κ1) is 44.8. The van der Waals surface area contributed by atoms with E-state index in [0.29, 0.717) is 33.7 Å². The lowest BCUT2D eigenvalue weighted by atomic mass is 9.87. The lowest BCUT2D eigenvalue weighted by Crippen LogP contribution is -2.13. The van der Waals surface area contributed by atoms with Crippen molar-refractivity contribution in [2.24, 2.45) is 0 Å². The van der Waals surface area contributed by atoms with Crippen molar-refractivity contribution >= 4 is 99.5 Å². The van der Waals surface area contributed by atoms with Gasteiger partial charge in [0, 0.05) is 55.7 Å². The van der Waals surface area contributed by atoms with Gasteiger partial charge in [0.2, 0.25) is 0 Å². The Bertz CT molecular complexity index is 3430. The minimum Gasteiger partial charge on any atom is -0.456 e. The number of nitrogens with zero attached hydrogens (tertiary/aromatic N) is 2. The van der Waals surface area contributed by atoms with E-state index in [4.69, 9.17) is 8.83 Å². The van der Waals surface area contributed by atoms with Gasteiger partial charge in [0.15, 0.2) is 0 Å². The van der Waals surface area contributed by atoms with Crippen LogP contribution in [0.25, 0.3) is 65.4 Å². The number of rotatable bonds is 6. The summed E-state index contributed by atoms with van der Waals surface area (Å²) in [5, 5.41) is 7.29. The number of fused-ring (bicyclic) bond motifs is 9. The number of alkyl halides is 6. The van der Waals surface area contributed by atoms with Gasteiger partial charge in [-0.3, -0.25) is 0 Å². The average Bonchev–Trinajstić information content (AvgIpc) is 3.86. The largest absolute Gasteiger partial charge is 0.456 e. The molecule has 0 saturated carbocycles. The van der Waals surface area contributed by atoms with Gasteiger partial charge in [-0.25, -0.2) is 0 Å². The number of anilines is 6. The van der Waals surface area contributed by atoms with Crippen molar-refractivity contribution in [1.82, 2.24) is 0 Å². The van der Waals surface area contributed by atoms with Crippen molar-refractivity contribution in [3.63, 3.8) is 0 Å². The molecule has 0 saturated heterocycles. The van der Waals surface area contributed by atoms with E-state index in [0.717, 1.165) is 101 Å². The smallest absolute Gasteiger partial charge is 0.416 e. The zero-order valence-electron chi connectivity index (χ0n) is 39.1. The second-order valence-corrected chi connectivity index (χ2v) is 20.1. The molecule has 0 N–H and O–H groups in total. The van der Waals surface area contributed by atoms with E-state index in [-0.39, 0.29) is 10.8 Å². The van der Waals surface area contributed by atoms with Gasteiger partial charge in [-0.15, -0.1) is 0 Å². The van der Waals surface area contributed by atoms with E-state index >= 15 is 0 Å². The third kappa shape index (κ3) is 7.95. The molecule has 0 fully saturated rings. The van der Waals surface area contributed by atoms with E-state index in [2.05, 4.69) is 77.9 Å². The molecule has 2 heterocycles. The summed E-state index contributed by atoms with van der Waals surface area (Å²) in [7, 11) is 0. The monoisotopic (exact) mass is 940 g/mol. The lowest BCUT2D eigenvalue weighted by Gasteiger charge is -2.27. The van der Waals surface area contributed by atoms with Crippen LogP contribution in [0.3, 0.4) is 0 Å². The highest BCUT2D eigenvalue weighted by Gasteiger charge is 2.32. The van der Waals surface area contributed by atoms with E-state index in [9.17, 15) is 26.3 Å². The predicted octanol–water partition coefficient (Wildman–Crippen LogP) is 19.4. The third-order valence-corrected chi connectivity index (χ3v) is 13.4. The van der Waals surface area contributed by atoms with Crippen LogP contribution in [-0.4, -0.2) is 0 Å². The third-order valence-electron chi connectivity index (χ3n) is 13.4. The van der Waals surface area contributed by atoms with Crippen LogP contribution in [0.2, 0.25) is 0 Å². The molecule has 10 heteroatoms. The van der Waals surface area contributed by atoms with E-state index in [1.54, 1.807) is 0 Å². The van der Waals surface area contributed by atoms with Crippen LogP contribution in [0, 0.1) is 0 Å². The second-order valence-electron chi connectivity index (χ2n) is 20.1. The Kier molecular flexibility index (Phi) is 10.2. The Morgan fingerprint density at radius 1 is 0.300 bits per heavy atom. The summed E-state index contributed by atoms with van der Waals surface area (Å²) in [5.41, 5.74) is 7.69. The molecule has 11 rings (SSSR count). The van der Waals surface area contributed by atoms with Gasteiger partial charge >= 0.3 is 12.4 Å². The summed E-state index contributed by atoms with van der Waals surface area (Å²) in [4.78, 5) is 3.92. The molecule has 9 aromatic carbocycles. The Morgan fingerprint density at radius 2 is 0.600 bits per heavy atom. The first-order valence-electron chi connectivity index (χ1n) is 23.0. The molecule has 0 radical (unpaired) electrons. The number of halogens is 6. The van der Waals surface area contributed by atoms with Crippen molar-refractivity contribution in [2.75, 3.05) is 9.80 Å². The fraction of sp³-hybridized carbons (Fsp3) is 0.167. The molecule has 2 aromatic heterocycles. The van der Waals surface area contributed by atoms with Crippen LogP contribution in [0.4, 0.5) is 60.5 Å². The molecule has 70 heavy (non-hydrogen) atoms. The molecule has 0 unspecified atom stereocenters. The minimum atomic E-state index is -4.46. The Hall–Kier alpha value is -7.72. The summed E-state index contributed by atoms with van der Waals surface area (Å²) >= 11 is 0. The zero-order valence-corrected chi connectivity index (χ0v) is 39.1. The number of hydrogen-bond acceptors (Lipinski definition) is 4. The molecule has 0 aliphatic rings. The topological polar surface area (TPSA) is 32.8 Å². The van der Waals surface area contributed by atoms with Crippen molar-refractivity contribution < 1.29 is 35.2 Å². The van der Waals surface area contributed by atoms with E-state index in [1.165, 1.54) is 24.3 Å². The van der Waals surface area contributed by atoms with Crippen LogP contribution in [0.15, 0.2) is 179 Å². The van der Waals surface area contributed by atoms with Crippen LogP contribution in [0.1, 0.15) is 63.8 Å². The summed E-state index contributed by atoms with van der Waals surface area (Å²) in [5.74, 6) is 0. The Labute approximate surface area is 400 Å². The molecule has 0 aliphatic heterocycles. The zero-order chi connectivity index (χ0) is 49.1.